The zero-order valence-corrected chi connectivity index (χ0v) is 16.1. The van der Waals surface area contributed by atoms with Crippen molar-refractivity contribution < 1.29 is 18.0 Å². The molecule has 0 bridgehead atoms. The molecule has 0 unspecified atom stereocenters. The minimum absolute atomic E-state index is 0.0510. The van der Waals surface area contributed by atoms with Gasteiger partial charge < -0.3 is 4.90 Å². The van der Waals surface area contributed by atoms with Gasteiger partial charge in [-0.25, -0.2) is 14.5 Å². The Morgan fingerprint density at radius 2 is 1.96 bits per heavy atom. The highest BCUT2D eigenvalue weighted by Gasteiger charge is 2.38. The summed E-state index contributed by atoms with van der Waals surface area (Å²) in [6.07, 6.45) is -0.901. The van der Waals surface area contributed by atoms with Crippen LogP contribution in [0.3, 0.4) is 0 Å². The van der Waals surface area contributed by atoms with Gasteiger partial charge in [-0.3, -0.25) is 9.36 Å². The molecule has 0 saturated carbocycles. The SMILES string of the molecule is Cc1nc(C(F)(F)F)c(Cn2nc3n(c2=O)[C@@H](C(=O)N2CCCC2)CCC3)s1. The summed E-state index contributed by atoms with van der Waals surface area (Å²) in [4.78, 5) is 31.0. The van der Waals surface area contributed by atoms with Gasteiger partial charge in [0.15, 0.2) is 5.69 Å². The molecule has 0 aromatic carbocycles. The van der Waals surface area contributed by atoms with Crippen molar-refractivity contribution in [3.63, 3.8) is 0 Å². The van der Waals surface area contributed by atoms with Crippen molar-refractivity contribution in [2.24, 2.45) is 0 Å². The van der Waals surface area contributed by atoms with E-state index in [0.29, 0.717) is 38.2 Å². The predicted octanol–water partition coefficient (Wildman–Crippen LogP) is 2.38. The number of fused-ring (bicyclic) bond motifs is 1. The highest BCUT2D eigenvalue weighted by atomic mass is 32.1. The molecule has 1 atom stereocenters. The van der Waals surface area contributed by atoms with Gasteiger partial charge >= 0.3 is 11.9 Å². The van der Waals surface area contributed by atoms with Gasteiger partial charge in [-0.1, -0.05) is 0 Å². The molecule has 7 nitrogen and oxygen atoms in total. The molecular weight excluding hydrogens is 395 g/mol. The van der Waals surface area contributed by atoms with Crippen molar-refractivity contribution in [1.82, 2.24) is 24.2 Å². The van der Waals surface area contributed by atoms with Crippen molar-refractivity contribution >= 4 is 17.2 Å². The van der Waals surface area contributed by atoms with Gasteiger partial charge in [-0.15, -0.1) is 11.3 Å². The van der Waals surface area contributed by atoms with Crippen LogP contribution < -0.4 is 5.69 Å². The van der Waals surface area contributed by atoms with E-state index in [1.165, 1.54) is 11.5 Å². The van der Waals surface area contributed by atoms with E-state index in [2.05, 4.69) is 10.1 Å². The second-order valence-electron chi connectivity index (χ2n) is 7.17. The number of thiazole rings is 1. The molecule has 152 valence electrons. The van der Waals surface area contributed by atoms with Crippen molar-refractivity contribution in [3.8, 4) is 0 Å². The van der Waals surface area contributed by atoms with Crippen LogP contribution in [0.15, 0.2) is 4.79 Å². The van der Waals surface area contributed by atoms with Crippen LogP contribution >= 0.6 is 11.3 Å². The maximum atomic E-state index is 13.2. The third kappa shape index (κ3) is 3.36. The normalized spacial score (nSPS) is 19.9. The number of nitrogens with zero attached hydrogens (tertiary/aromatic N) is 5. The van der Waals surface area contributed by atoms with Crippen LogP contribution in [0.4, 0.5) is 13.2 Å². The van der Waals surface area contributed by atoms with Gasteiger partial charge in [0.25, 0.3) is 0 Å². The Bertz CT molecular complexity index is 955. The minimum atomic E-state index is -4.59. The molecule has 1 fully saturated rings. The first-order chi connectivity index (χ1) is 13.3. The second-order valence-corrected chi connectivity index (χ2v) is 8.46. The first-order valence-corrected chi connectivity index (χ1v) is 10.1. The molecule has 1 amide bonds. The largest absolute Gasteiger partial charge is 0.434 e. The summed E-state index contributed by atoms with van der Waals surface area (Å²) in [5, 5.41) is 4.52. The third-order valence-corrected chi connectivity index (χ3v) is 6.16. The Kier molecular flexibility index (Phi) is 4.80. The molecule has 0 spiro atoms. The van der Waals surface area contributed by atoms with Gasteiger partial charge in [-0.2, -0.15) is 18.3 Å². The zero-order valence-electron chi connectivity index (χ0n) is 15.3. The molecule has 2 aliphatic heterocycles. The molecule has 2 aliphatic rings. The Hall–Kier alpha value is -2.17. The molecule has 4 rings (SSSR count). The molecule has 11 heteroatoms. The lowest BCUT2D eigenvalue weighted by atomic mass is 10.0. The first kappa shape index (κ1) is 19.2. The van der Waals surface area contributed by atoms with Crippen LogP contribution in [0.1, 0.15) is 53.1 Å². The van der Waals surface area contributed by atoms with E-state index in [1.807, 2.05) is 0 Å². The fraction of sp³-hybridized carbons (Fsp3) is 0.647. The highest BCUT2D eigenvalue weighted by Crippen LogP contribution is 2.34. The molecule has 2 aromatic heterocycles. The average molecular weight is 415 g/mol. The van der Waals surface area contributed by atoms with Crippen LogP contribution in [0, 0.1) is 6.92 Å². The summed E-state index contributed by atoms with van der Waals surface area (Å²) < 4.78 is 42.1. The molecule has 0 aliphatic carbocycles. The van der Waals surface area contributed by atoms with Crippen LogP contribution in [0.5, 0.6) is 0 Å². The van der Waals surface area contributed by atoms with Crippen LogP contribution in [-0.4, -0.2) is 43.2 Å². The summed E-state index contributed by atoms with van der Waals surface area (Å²) in [5.41, 5.74) is -1.51. The summed E-state index contributed by atoms with van der Waals surface area (Å²) in [7, 11) is 0. The van der Waals surface area contributed by atoms with Crippen molar-refractivity contribution in [1.29, 1.82) is 0 Å². The lowest BCUT2D eigenvalue weighted by Crippen LogP contribution is -2.41. The highest BCUT2D eigenvalue weighted by molar-refractivity contribution is 7.11. The Labute approximate surface area is 162 Å². The molecule has 28 heavy (non-hydrogen) atoms. The molecule has 2 aromatic rings. The van der Waals surface area contributed by atoms with E-state index in [-0.39, 0.29) is 22.3 Å². The maximum absolute atomic E-state index is 13.2. The zero-order chi connectivity index (χ0) is 20.1. The number of amides is 1. The topological polar surface area (TPSA) is 73.0 Å². The molecule has 0 radical (unpaired) electrons. The molecular formula is C17H20F3N5O2S. The number of hydrogen-bond donors (Lipinski definition) is 0. The van der Waals surface area contributed by atoms with Crippen LogP contribution in [0.2, 0.25) is 0 Å². The average Bonchev–Trinajstić information content (AvgIpc) is 3.34. The number of likely N-dealkylation sites (tertiary alicyclic amines) is 1. The van der Waals surface area contributed by atoms with Crippen molar-refractivity contribution in [2.75, 3.05) is 13.1 Å². The van der Waals surface area contributed by atoms with E-state index >= 15 is 0 Å². The number of hydrogen-bond acceptors (Lipinski definition) is 5. The fourth-order valence-electron chi connectivity index (χ4n) is 3.95. The monoisotopic (exact) mass is 415 g/mol. The predicted molar refractivity (Wildman–Crippen MR) is 95.2 cm³/mol. The molecule has 0 N–H and O–H groups in total. The number of carbonyl (C=O) groups is 1. The quantitative estimate of drug-likeness (QED) is 0.772. The van der Waals surface area contributed by atoms with Crippen molar-refractivity contribution in [3.05, 3.63) is 31.9 Å². The van der Waals surface area contributed by atoms with Gasteiger partial charge in [-0.05, 0) is 32.6 Å². The van der Waals surface area contributed by atoms with Crippen LogP contribution in [-0.2, 0) is 23.9 Å². The number of rotatable bonds is 3. The van der Waals surface area contributed by atoms with Gasteiger partial charge in [0, 0.05) is 19.5 Å². The number of halogens is 3. The summed E-state index contributed by atoms with van der Waals surface area (Å²) in [6.45, 7) is 2.56. The Morgan fingerprint density at radius 1 is 1.25 bits per heavy atom. The standard InChI is InChI=1S/C17H20F3N5O2S/c1-10-21-14(17(18,19)20)12(28-10)9-24-16(27)25-11(5-4-6-13(25)22-24)15(26)23-7-2-3-8-23/h11H,2-9H2,1H3/t11-/m1/s1. The summed E-state index contributed by atoms with van der Waals surface area (Å²) in [6, 6.07) is -0.617. The minimum Gasteiger partial charge on any atom is -0.341 e. The second kappa shape index (κ2) is 7.02. The molecule has 1 saturated heterocycles. The number of aryl methyl sites for hydroxylation is 2. The van der Waals surface area contributed by atoms with E-state index < -0.39 is 23.6 Å². The van der Waals surface area contributed by atoms with E-state index in [9.17, 15) is 22.8 Å². The van der Waals surface area contributed by atoms with E-state index in [0.717, 1.165) is 28.9 Å². The fourth-order valence-corrected chi connectivity index (χ4v) is 4.89. The van der Waals surface area contributed by atoms with Crippen molar-refractivity contribution in [2.45, 2.75) is 57.8 Å². The van der Waals surface area contributed by atoms with Gasteiger partial charge in [0.2, 0.25) is 5.91 Å². The lowest BCUT2D eigenvalue weighted by Gasteiger charge is -2.27. The lowest BCUT2D eigenvalue weighted by molar-refractivity contribution is -0.141. The van der Waals surface area contributed by atoms with Crippen LogP contribution in [0.25, 0.3) is 0 Å². The summed E-state index contributed by atoms with van der Waals surface area (Å²) >= 11 is 0.903. The van der Waals surface area contributed by atoms with Gasteiger partial charge in [0.1, 0.15) is 11.9 Å². The Balaban J connectivity index is 1.67. The molecule has 4 heterocycles. The van der Waals surface area contributed by atoms with E-state index in [4.69, 9.17) is 0 Å². The maximum Gasteiger partial charge on any atom is 0.434 e. The van der Waals surface area contributed by atoms with Gasteiger partial charge in [0.05, 0.1) is 16.4 Å². The third-order valence-electron chi connectivity index (χ3n) is 5.20. The number of alkyl halides is 3. The van der Waals surface area contributed by atoms with E-state index in [1.54, 1.807) is 4.90 Å². The first-order valence-electron chi connectivity index (χ1n) is 9.26. The smallest absolute Gasteiger partial charge is 0.341 e. The Morgan fingerprint density at radius 3 is 2.64 bits per heavy atom. The summed E-state index contributed by atoms with van der Waals surface area (Å²) in [5.74, 6) is 0.369. The number of aromatic nitrogens is 4. The number of carbonyl (C=O) groups excluding carboxylic acids is 1.